The van der Waals surface area contributed by atoms with Crippen LogP contribution in [0.2, 0.25) is 0 Å². The molecule has 1 atom stereocenters. The standard InChI is InChI=1S/C14H20F3NO2S/c1-5-18-12(13(2,3)21(4,19)20)10-8-6-7-9-11(10)14(15,16)17/h6-9,12,18H,5H2,1-4H3. The lowest BCUT2D eigenvalue weighted by atomic mass is 9.91. The van der Waals surface area contributed by atoms with Crippen molar-refractivity contribution in [3.05, 3.63) is 35.4 Å². The zero-order chi connectivity index (χ0) is 16.5. The topological polar surface area (TPSA) is 46.2 Å². The van der Waals surface area contributed by atoms with E-state index in [1.807, 2.05) is 0 Å². The van der Waals surface area contributed by atoms with Gasteiger partial charge in [-0.3, -0.25) is 0 Å². The molecule has 1 aromatic rings. The summed E-state index contributed by atoms with van der Waals surface area (Å²) in [6.07, 6.45) is -3.49. The van der Waals surface area contributed by atoms with Gasteiger partial charge in [0.2, 0.25) is 0 Å². The third-order valence-corrected chi connectivity index (χ3v) is 5.78. The molecule has 0 fully saturated rings. The molecule has 0 bridgehead atoms. The van der Waals surface area contributed by atoms with E-state index >= 15 is 0 Å². The van der Waals surface area contributed by atoms with Crippen LogP contribution in [0.1, 0.15) is 37.9 Å². The highest BCUT2D eigenvalue weighted by atomic mass is 32.2. The van der Waals surface area contributed by atoms with Gasteiger partial charge in [-0.05, 0) is 32.0 Å². The second kappa shape index (κ2) is 5.96. The van der Waals surface area contributed by atoms with E-state index in [0.717, 1.165) is 12.3 Å². The first-order chi connectivity index (χ1) is 9.43. The minimum Gasteiger partial charge on any atom is -0.309 e. The van der Waals surface area contributed by atoms with Gasteiger partial charge in [-0.2, -0.15) is 13.2 Å². The molecule has 0 saturated carbocycles. The molecule has 0 amide bonds. The predicted octanol–water partition coefficient (Wildman–Crippen LogP) is 3.18. The van der Waals surface area contributed by atoms with Gasteiger partial charge in [-0.25, -0.2) is 8.42 Å². The Balaban J connectivity index is 3.52. The third-order valence-electron chi connectivity index (χ3n) is 3.64. The van der Waals surface area contributed by atoms with Gasteiger partial charge in [0.15, 0.2) is 9.84 Å². The van der Waals surface area contributed by atoms with Crippen LogP contribution in [0.4, 0.5) is 13.2 Å². The van der Waals surface area contributed by atoms with Crippen molar-refractivity contribution in [1.82, 2.24) is 5.32 Å². The van der Waals surface area contributed by atoms with E-state index < -0.39 is 32.4 Å². The largest absolute Gasteiger partial charge is 0.416 e. The fraction of sp³-hybridized carbons (Fsp3) is 0.571. The molecule has 1 N–H and O–H groups in total. The molecular weight excluding hydrogens is 303 g/mol. The van der Waals surface area contributed by atoms with E-state index in [1.165, 1.54) is 32.0 Å². The minimum atomic E-state index is -4.53. The Labute approximate surface area is 123 Å². The lowest BCUT2D eigenvalue weighted by Crippen LogP contribution is -2.45. The maximum atomic E-state index is 13.2. The van der Waals surface area contributed by atoms with Crippen molar-refractivity contribution in [2.75, 3.05) is 12.8 Å². The second-order valence-electron chi connectivity index (χ2n) is 5.45. The quantitative estimate of drug-likeness (QED) is 0.905. The minimum absolute atomic E-state index is 0.0534. The molecule has 1 aromatic carbocycles. The van der Waals surface area contributed by atoms with Crippen LogP contribution in [0, 0.1) is 0 Å². The normalized spacial score (nSPS) is 15.0. The maximum Gasteiger partial charge on any atom is 0.416 e. The highest BCUT2D eigenvalue weighted by Crippen LogP contribution is 2.39. The number of sulfone groups is 1. The Morgan fingerprint density at radius 1 is 1.19 bits per heavy atom. The second-order valence-corrected chi connectivity index (χ2v) is 8.05. The summed E-state index contributed by atoms with van der Waals surface area (Å²) in [6.45, 7) is 4.95. The SMILES string of the molecule is CCNC(c1ccccc1C(F)(F)F)C(C)(C)S(C)(=O)=O. The molecule has 0 radical (unpaired) electrons. The molecule has 0 aliphatic heterocycles. The van der Waals surface area contributed by atoms with Crippen LogP contribution in [0.25, 0.3) is 0 Å². The molecule has 1 unspecified atom stereocenters. The van der Waals surface area contributed by atoms with Crippen molar-refractivity contribution in [2.24, 2.45) is 0 Å². The number of hydrogen-bond acceptors (Lipinski definition) is 3. The van der Waals surface area contributed by atoms with Gasteiger partial charge < -0.3 is 5.32 Å². The Morgan fingerprint density at radius 2 is 1.71 bits per heavy atom. The number of nitrogens with one attached hydrogen (secondary N) is 1. The van der Waals surface area contributed by atoms with Gasteiger partial charge >= 0.3 is 6.18 Å². The van der Waals surface area contributed by atoms with Crippen molar-refractivity contribution >= 4 is 9.84 Å². The summed E-state index contributed by atoms with van der Waals surface area (Å²) in [5.41, 5.74) is -0.866. The molecule has 21 heavy (non-hydrogen) atoms. The Hall–Kier alpha value is -1.08. The summed E-state index contributed by atoms with van der Waals surface area (Å²) in [4.78, 5) is 0. The molecule has 7 heteroatoms. The summed E-state index contributed by atoms with van der Waals surface area (Å²) < 4.78 is 62.1. The Bertz CT molecular complexity index is 594. The molecule has 0 aliphatic rings. The van der Waals surface area contributed by atoms with E-state index in [9.17, 15) is 21.6 Å². The Kier molecular flexibility index (Phi) is 5.10. The molecule has 1 rings (SSSR count). The molecule has 0 aromatic heterocycles. The van der Waals surface area contributed by atoms with Gasteiger partial charge in [-0.1, -0.05) is 25.1 Å². The van der Waals surface area contributed by atoms with E-state index in [0.29, 0.717) is 6.54 Å². The van der Waals surface area contributed by atoms with Crippen molar-refractivity contribution in [1.29, 1.82) is 0 Å². The van der Waals surface area contributed by atoms with Crippen LogP contribution in [0.3, 0.4) is 0 Å². The average molecular weight is 323 g/mol. The van der Waals surface area contributed by atoms with E-state index in [1.54, 1.807) is 6.92 Å². The lowest BCUT2D eigenvalue weighted by molar-refractivity contribution is -0.138. The summed E-state index contributed by atoms with van der Waals surface area (Å²) in [5.74, 6) is 0. The smallest absolute Gasteiger partial charge is 0.309 e. The summed E-state index contributed by atoms with van der Waals surface area (Å²) in [5, 5.41) is 2.88. The number of hydrogen-bond donors (Lipinski definition) is 1. The summed E-state index contributed by atoms with van der Waals surface area (Å²) >= 11 is 0. The lowest BCUT2D eigenvalue weighted by Gasteiger charge is -2.35. The first kappa shape index (κ1) is 18.0. The first-order valence-corrected chi connectivity index (χ1v) is 8.41. The monoisotopic (exact) mass is 323 g/mol. The fourth-order valence-corrected chi connectivity index (χ4v) is 2.79. The van der Waals surface area contributed by atoms with Crippen molar-refractivity contribution < 1.29 is 21.6 Å². The van der Waals surface area contributed by atoms with Crippen LogP contribution in [-0.2, 0) is 16.0 Å². The van der Waals surface area contributed by atoms with Crippen molar-refractivity contribution in [3.63, 3.8) is 0 Å². The van der Waals surface area contributed by atoms with E-state index in [2.05, 4.69) is 5.32 Å². The third kappa shape index (κ3) is 3.77. The van der Waals surface area contributed by atoms with Crippen LogP contribution in [0.5, 0.6) is 0 Å². The first-order valence-electron chi connectivity index (χ1n) is 6.52. The highest BCUT2D eigenvalue weighted by Gasteiger charge is 2.43. The molecule has 120 valence electrons. The molecular formula is C14H20F3NO2S. The van der Waals surface area contributed by atoms with Crippen molar-refractivity contribution in [2.45, 2.75) is 37.7 Å². The Morgan fingerprint density at radius 3 is 2.14 bits per heavy atom. The van der Waals surface area contributed by atoms with E-state index in [-0.39, 0.29) is 5.56 Å². The van der Waals surface area contributed by atoms with Crippen LogP contribution in [0.15, 0.2) is 24.3 Å². The number of halogens is 3. The van der Waals surface area contributed by atoms with Crippen LogP contribution in [-0.4, -0.2) is 26.0 Å². The molecule has 3 nitrogen and oxygen atoms in total. The zero-order valence-corrected chi connectivity index (χ0v) is 13.3. The fourth-order valence-electron chi connectivity index (χ4n) is 2.16. The van der Waals surface area contributed by atoms with Gasteiger partial charge in [0.05, 0.1) is 16.4 Å². The van der Waals surface area contributed by atoms with E-state index in [4.69, 9.17) is 0 Å². The predicted molar refractivity (Wildman–Crippen MR) is 76.8 cm³/mol. The average Bonchev–Trinajstić information content (AvgIpc) is 2.33. The van der Waals surface area contributed by atoms with Gasteiger partial charge in [0, 0.05) is 6.26 Å². The molecule has 0 heterocycles. The van der Waals surface area contributed by atoms with Crippen molar-refractivity contribution in [3.8, 4) is 0 Å². The van der Waals surface area contributed by atoms with Crippen LogP contribution < -0.4 is 5.32 Å². The summed E-state index contributed by atoms with van der Waals surface area (Å²) in [7, 11) is -3.56. The molecule has 0 saturated heterocycles. The van der Waals surface area contributed by atoms with Gasteiger partial charge in [0.1, 0.15) is 0 Å². The number of benzene rings is 1. The highest BCUT2D eigenvalue weighted by molar-refractivity contribution is 7.92. The molecule has 0 aliphatic carbocycles. The van der Waals surface area contributed by atoms with Crippen LogP contribution >= 0.6 is 0 Å². The molecule has 0 spiro atoms. The van der Waals surface area contributed by atoms with Gasteiger partial charge in [0.25, 0.3) is 0 Å². The zero-order valence-electron chi connectivity index (χ0n) is 12.5. The number of alkyl halides is 3. The maximum absolute atomic E-state index is 13.2. The number of rotatable bonds is 5. The summed E-state index contributed by atoms with van der Waals surface area (Å²) in [6, 6.07) is 4.12. The van der Waals surface area contributed by atoms with Gasteiger partial charge in [-0.15, -0.1) is 0 Å².